The molecule has 126 heavy (non-hydrogen) atoms. The molecule has 1 aliphatic heterocycles. The number of phenols is 1. The second-order valence-corrected chi connectivity index (χ2v) is 33.5. The zero-order chi connectivity index (χ0) is 94.6. The van der Waals surface area contributed by atoms with E-state index in [0.29, 0.717) is 32.7 Å². The molecular weight excluding hydrogens is 1690 g/mol. The van der Waals surface area contributed by atoms with Crippen LogP contribution in [-0.4, -0.2) is 279 Å². The molecule has 48 heteroatoms. The van der Waals surface area contributed by atoms with Crippen molar-refractivity contribution >= 4 is 140 Å². The Kier molecular flexibility index (Phi) is 47.9. The van der Waals surface area contributed by atoms with E-state index in [1.165, 1.54) is 39.8 Å². The van der Waals surface area contributed by atoms with Gasteiger partial charge in [0.1, 0.15) is 84.3 Å². The number of carboxylic acids is 2. The maximum atomic E-state index is 15.1. The molecule has 1 aliphatic rings. The van der Waals surface area contributed by atoms with E-state index in [1.54, 1.807) is 70.2 Å². The van der Waals surface area contributed by atoms with E-state index in [9.17, 15) is 102 Å². The van der Waals surface area contributed by atoms with Crippen LogP contribution in [0.4, 0.5) is 0 Å². The minimum atomic E-state index is -1.96. The van der Waals surface area contributed by atoms with Crippen molar-refractivity contribution in [1.82, 2.24) is 90.4 Å². The minimum Gasteiger partial charge on any atom is -0.508 e. The van der Waals surface area contributed by atoms with Gasteiger partial charge in [0.05, 0.1) is 32.3 Å². The molecule has 700 valence electrons. The average molecular weight is 1820 g/mol. The fourth-order valence-electron chi connectivity index (χ4n) is 12.2. The Morgan fingerprint density at radius 2 is 1.06 bits per heavy atom. The maximum absolute atomic E-state index is 15.1. The summed E-state index contributed by atoms with van der Waals surface area (Å²) in [7, 11) is 1.34. The third-order valence-corrected chi connectivity index (χ3v) is 21.8. The van der Waals surface area contributed by atoms with Crippen LogP contribution in [0.1, 0.15) is 131 Å². The fourth-order valence-corrected chi connectivity index (χ4v) is 14.5. The van der Waals surface area contributed by atoms with Crippen LogP contribution in [0.25, 0.3) is 0 Å². The molecule has 1 heterocycles. The number of amides is 16. The van der Waals surface area contributed by atoms with E-state index in [1.807, 2.05) is 0 Å². The summed E-state index contributed by atoms with van der Waals surface area (Å²) in [6, 6.07) is -9.07. The third-order valence-electron chi connectivity index (χ3n) is 19.4. The molecule has 2 aromatic rings. The van der Waals surface area contributed by atoms with E-state index in [0.717, 1.165) is 0 Å². The van der Waals surface area contributed by atoms with Gasteiger partial charge in [0.15, 0.2) is 11.9 Å². The molecule has 3 unspecified atom stereocenters. The van der Waals surface area contributed by atoms with Gasteiger partial charge in [-0.15, -0.1) is 0 Å². The minimum absolute atomic E-state index is 0.0164. The van der Waals surface area contributed by atoms with Crippen molar-refractivity contribution in [2.75, 3.05) is 50.9 Å². The number of benzene rings is 2. The Bertz CT molecular complexity index is 4080. The largest absolute Gasteiger partial charge is 0.508 e. The summed E-state index contributed by atoms with van der Waals surface area (Å²) >= 11 is 0. The van der Waals surface area contributed by atoms with Crippen molar-refractivity contribution < 1.29 is 112 Å². The highest BCUT2D eigenvalue weighted by atomic mass is 33.1. The van der Waals surface area contributed by atoms with E-state index in [-0.39, 0.29) is 69.7 Å². The second kappa shape index (κ2) is 55.9. The number of hydrogen-bond acceptors (Lipinski definition) is 26. The van der Waals surface area contributed by atoms with Crippen LogP contribution < -0.4 is 113 Å². The molecule has 0 aromatic heterocycles. The van der Waals surface area contributed by atoms with Gasteiger partial charge in [-0.3, -0.25) is 92.3 Å². The Morgan fingerprint density at radius 1 is 0.532 bits per heavy atom. The van der Waals surface area contributed by atoms with Crippen LogP contribution in [0.2, 0.25) is 0 Å². The molecule has 15 atom stereocenters. The van der Waals surface area contributed by atoms with E-state index in [4.69, 9.17) is 33.8 Å². The molecule has 1 fully saturated rings. The smallest absolute Gasteiger partial charge is 0.326 e. The van der Waals surface area contributed by atoms with Crippen molar-refractivity contribution in [1.29, 1.82) is 10.8 Å². The first kappa shape index (κ1) is 108. The first-order valence-corrected chi connectivity index (χ1v) is 43.3. The summed E-state index contributed by atoms with van der Waals surface area (Å²) < 4.78 is 0. The number of aliphatic hydroxyl groups excluding tert-OH is 2. The molecule has 46 nitrogen and oxygen atoms in total. The molecule has 0 radical (unpaired) electrons. The van der Waals surface area contributed by atoms with Crippen molar-refractivity contribution in [3.63, 3.8) is 0 Å². The number of guanidine groups is 2. The zero-order valence-corrected chi connectivity index (χ0v) is 73.1. The van der Waals surface area contributed by atoms with Gasteiger partial charge in [0, 0.05) is 43.9 Å². The Labute approximate surface area is 735 Å². The monoisotopic (exact) mass is 1810 g/mol. The number of phenolic OH excluding ortho intramolecular Hbond substituents is 1. The lowest BCUT2D eigenvalue weighted by Gasteiger charge is -2.31. The lowest BCUT2D eigenvalue weighted by Crippen LogP contribution is -2.62. The summed E-state index contributed by atoms with van der Waals surface area (Å²) in [6.45, 7) is 8.28. The molecule has 16 amide bonds. The van der Waals surface area contributed by atoms with Gasteiger partial charge in [0.25, 0.3) is 0 Å². The van der Waals surface area contributed by atoms with Crippen molar-refractivity contribution in [3.8, 4) is 5.75 Å². The van der Waals surface area contributed by atoms with Crippen molar-refractivity contribution in [2.45, 2.75) is 217 Å². The number of aromatic hydroxyl groups is 1. The second-order valence-electron chi connectivity index (χ2n) is 31.0. The van der Waals surface area contributed by atoms with Crippen LogP contribution in [0.3, 0.4) is 0 Å². The molecule has 0 bridgehead atoms. The number of rotatable bonds is 43. The Hall–Kier alpha value is -12.2. The number of nitrogens with two attached hydrogens (primary N) is 4. The van der Waals surface area contributed by atoms with Crippen LogP contribution in [0.5, 0.6) is 5.75 Å². The zero-order valence-electron chi connectivity index (χ0n) is 71.4. The lowest BCUT2D eigenvalue weighted by molar-refractivity contribution is -0.142. The highest BCUT2D eigenvalue weighted by Crippen LogP contribution is 2.25. The predicted octanol–water partition coefficient (Wildman–Crippen LogP) is -7.44. The third kappa shape index (κ3) is 40.2. The number of primary amides is 1. The molecule has 1 saturated heterocycles. The molecule has 2 aromatic carbocycles. The molecule has 0 aliphatic carbocycles. The van der Waals surface area contributed by atoms with Gasteiger partial charge in [-0.25, -0.2) is 4.79 Å². The first-order valence-electron chi connectivity index (χ1n) is 40.8. The standard InChI is InChI=1S/C78H123N23O23S2/c1-9-41(8)62(101-68(115)47(18-14-28-86-78(83)84)91-69(116)50(29-38(2)3)95-63(110)45(79)30-43-19-21-44(104)22-20-43)75(122)100-61(40(6)7)74(121)94-49(23-25-56(80)105)67(114)98-55-37-126-125-36-54(65(112)88-32-57(106)89-51(76(123)124)31-42-15-11-10-12-16-42)97-70(117)52(34-102)90-58(107)33-87-64(111)48(24-26-59(108)109)93-73(120)60(39(4)5)99-71(118)53(35-103)96-66(113)46(92-72(55)119)17-13-27-85-77(81)82/h10-12,15-16,19-22,38-41,45-55,60-62,102-104H,9,13-14,17-18,23-37,79H2,1-8H3,(H2,80,105)(H,87,111)(H,88,112)(H,89,106)(H,90,107)(H,91,116)(H,92,119)(H,93,120)(H,94,121)(H,95,110)(H,96,113)(H,97,117)(H,98,114)(H,99,118)(H,100,122)(H,101,115)(H,108,109)(H,123,124)(H4,81,82,85)(H4,83,84,86)/t41-,45-,46-,47-,48-,49-,50-,51-,52-,53?,54?,55?,60+,61-,62-/m0/s1. The van der Waals surface area contributed by atoms with E-state index < -0.39 is 291 Å². The Balaban J connectivity index is 2.22. The SMILES string of the molecule is CC[C@H](C)[C@H](NC(=O)[C@H](CCCNC(=N)N)NC(=O)[C@H](CC(C)C)NC(=O)[C@@H](N)Cc1ccc(O)cc1)C(=O)N[C@H](C(=O)N[C@@H](CCC(N)=O)C(=O)NC1CSSCC(C(=O)NCC(=O)N[C@@H](Cc2ccccc2)C(=O)O)NC(=O)[C@H](CO)NC(=O)CNC(=O)[C@H](CCC(=O)O)NC(=O)[C@@H](C(C)C)NC(=O)C(CO)NC(=O)[C@H](CCCNC(=N)N)NC1=O)C(C)C. The molecule has 3 rings (SSSR count). The van der Waals surface area contributed by atoms with E-state index in [2.05, 4.69) is 90.4 Å². The van der Waals surface area contributed by atoms with Crippen molar-refractivity contribution in [2.24, 2.45) is 46.6 Å². The summed E-state index contributed by atoms with van der Waals surface area (Å²) in [6.07, 6.45) is -3.08. The van der Waals surface area contributed by atoms with Gasteiger partial charge in [-0.2, -0.15) is 0 Å². The Morgan fingerprint density at radius 3 is 1.64 bits per heavy atom. The number of hydrogen-bond donors (Lipinski definition) is 28. The van der Waals surface area contributed by atoms with Gasteiger partial charge < -0.3 is 139 Å². The maximum Gasteiger partial charge on any atom is 0.326 e. The van der Waals surface area contributed by atoms with Gasteiger partial charge in [-0.1, -0.05) is 126 Å². The van der Waals surface area contributed by atoms with Crippen LogP contribution in [0.15, 0.2) is 54.6 Å². The van der Waals surface area contributed by atoms with Gasteiger partial charge in [-0.05, 0) is 98.3 Å². The van der Waals surface area contributed by atoms with Crippen LogP contribution in [-0.2, 0) is 99.1 Å². The number of aliphatic carboxylic acids is 2. The topological polar surface area (TPSA) is 765 Å². The number of carbonyl (C=O) groups excluding carboxylic acids is 16. The highest BCUT2D eigenvalue weighted by Gasteiger charge is 2.40. The average Bonchev–Trinajstić information content (AvgIpc) is 0.834. The fraction of sp³-hybridized carbons (Fsp3) is 0.590. The summed E-state index contributed by atoms with van der Waals surface area (Å²) in [5.41, 5.74) is 24.1. The summed E-state index contributed by atoms with van der Waals surface area (Å²) in [5.74, 6) is -25.2. The lowest BCUT2D eigenvalue weighted by atomic mass is 9.95. The first-order chi connectivity index (χ1) is 59.4. The van der Waals surface area contributed by atoms with Crippen LogP contribution in [0, 0.1) is 34.5 Å². The predicted molar refractivity (Wildman–Crippen MR) is 460 cm³/mol. The quantitative estimate of drug-likeness (QED) is 0.0127. The number of carbonyl (C=O) groups is 18. The summed E-state index contributed by atoms with van der Waals surface area (Å²) in [5, 5.41) is 107. The number of aliphatic hydroxyl groups is 2. The molecule has 0 spiro atoms. The van der Waals surface area contributed by atoms with Crippen molar-refractivity contribution in [3.05, 3.63) is 65.7 Å². The molecule has 32 N–H and O–H groups in total. The molecule has 0 saturated carbocycles. The number of nitrogens with one attached hydrogen (secondary N) is 19. The summed E-state index contributed by atoms with van der Waals surface area (Å²) in [4.78, 5) is 251. The number of carboxylic acid groups (broad SMARTS) is 2. The van der Waals surface area contributed by atoms with Crippen LogP contribution >= 0.6 is 21.6 Å². The molecular formula is C78H123N23O23S2. The van der Waals surface area contributed by atoms with Gasteiger partial charge >= 0.3 is 11.9 Å². The van der Waals surface area contributed by atoms with E-state index >= 15 is 9.59 Å². The van der Waals surface area contributed by atoms with Gasteiger partial charge in [0.2, 0.25) is 94.5 Å². The normalized spacial score (nSPS) is 19.7. The highest BCUT2D eigenvalue weighted by molar-refractivity contribution is 8.76.